The molecule has 0 bridgehead atoms. The SMILES string of the molecule is CCC(CC)(CN)NC(=O)C1CCN(S(=O)(=O)c2c(C)noc2C)CC1. The van der Waals surface area contributed by atoms with Crippen LogP contribution >= 0.6 is 0 Å². The molecule has 1 aliphatic rings. The summed E-state index contributed by atoms with van der Waals surface area (Å²) in [4.78, 5) is 12.8. The van der Waals surface area contributed by atoms with Gasteiger partial charge in [-0.25, -0.2) is 8.42 Å². The maximum atomic E-state index is 12.8. The molecule has 0 radical (unpaired) electrons. The Bertz CT molecular complexity index is 704. The Balaban J connectivity index is 2.04. The van der Waals surface area contributed by atoms with Gasteiger partial charge in [0.25, 0.3) is 0 Å². The van der Waals surface area contributed by atoms with Crippen LogP contribution < -0.4 is 11.1 Å². The normalized spacial score (nSPS) is 17.4. The molecular formula is C17H30N4O4S. The first-order chi connectivity index (χ1) is 12.2. The van der Waals surface area contributed by atoms with Crippen LogP contribution in [0, 0.1) is 19.8 Å². The number of hydrogen-bond donors (Lipinski definition) is 2. The van der Waals surface area contributed by atoms with Crippen molar-refractivity contribution >= 4 is 15.9 Å². The fourth-order valence-electron chi connectivity index (χ4n) is 3.46. The molecule has 2 rings (SSSR count). The van der Waals surface area contributed by atoms with Gasteiger partial charge >= 0.3 is 0 Å². The van der Waals surface area contributed by atoms with Crippen LogP contribution in [-0.4, -0.2) is 49.0 Å². The predicted octanol–water partition coefficient (Wildman–Crippen LogP) is 1.33. The molecule has 9 heteroatoms. The first-order valence-electron chi connectivity index (χ1n) is 9.16. The van der Waals surface area contributed by atoms with Crippen LogP contribution in [-0.2, 0) is 14.8 Å². The van der Waals surface area contributed by atoms with Crippen LogP contribution in [0.1, 0.15) is 51.0 Å². The fourth-order valence-corrected chi connectivity index (χ4v) is 5.22. The fraction of sp³-hybridized carbons (Fsp3) is 0.765. The van der Waals surface area contributed by atoms with Crippen molar-refractivity contribution in [3.8, 4) is 0 Å². The molecule has 1 aromatic rings. The number of amides is 1. The van der Waals surface area contributed by atoms with Gasteiger partial charge in [-0.05, 0) is 39.5 Å². The summed E-state index contributed by atoms with van der Waals surface area (Å²) >= 11 is 0. The molecule has 2 heterocycles. The van der Waals surface area contributed by atoms with Crippen molar-refractivity contribution in [2.24, 2.45) is 11.7 Å². The summed E-state index contributed by atoms with van der Waals surface area (Å²) in [7, 11) is -3.65. The Hall–Kier alpha value is -1.45. The van der Waals surface area contributed by atoms with E-state index in [4.69, 9.17) is 10.3 Å². The molecule has 0 atom stereocenters. The summed E-state index contributed by atoms with van der Waals surface area (Å²) in [6.45, 7) is 8.23. The Labute approximate surface area is 155 Å². The van der Waals surface area contributed by atoms with Crippen LogP contribution in [0.2, 0.25) is 0 Å². The van der Waals surface area contributed by atoms with E-state index in [1.54, 1.807) is 13.8 Å². The predicted molar refractivity (Wildman–Crippen MR) is 98.0 cm³/mol. The van der Waals surface area contributed by atoms with Gasteiger partial charge in [0.1, 0.15) is 10.6 Å². The van der Waals surface area contributed by atoms with E-state index >= 15 is 0 Å². The van der Waals surface area contributed by atoms with Gasteiger partial charge in [0.05, 0.1) is 5.54 Å². The van der Waals surface area contributed by atoms with Gasteiger partial charge in [-0.1, -0.05) is 19.0 Å². The lowest BCUT2D eigenvalue weighted by atomic mass is 9.90. The first kappa shape index (κ1) is 20.9. The van der Waals surface area contributed by atoms with E-state index in [0.29, 0.717) is 43.9 Å². The highest BCUT2D eigenvalue weighted by molar-refractivity contribution is 7.89. The number of aryl methyl sites for hydroxylation is 2. The number of nitrogens with one attached hydrogen (secondary N) is 1. The molecule has 1 amide bonds. The van der Waals surface area contributed by atoms with E-state index in [1.807, 2.05) is 13.8 Å². The molecule has 0 aromatic carbocycles. The number of hydrogen-bond acceptors (Lipinski definition) is 6. The van der Waals surface area contributed by atoms with E-state index in [-0.39, 0.29) is 22.3 Å². The lowest BCUT2D eigenvalue weighted by molar-refractivity contribution is -0.128. The van der Waals surface area contributed by atoms with Crippen molar-refractivity contribution < 1.29 is 17.7 Å². The molecule has 148 valence electrons. The minimum Gasteiger partial charge on any atom is -0.360 e. The Morgan fingerprint density at radius 2 is 1.88 bits per heavy atom. The average molecular weight is 387 g/mol. The Kier molecular flexibility index (Phi) is 6.46. The zero-order valence-corrected chi connectivity index (χ0v) is 16.9. The summed E-state index contributed by atoms with van der Waals surface area (Å²) in [5.41, 5.74) is 5.84. The molecule has 0 spiro atoms. The van der Waals surface area contributed by atoms with Crippen molar-refractivity contribution in [3.63, 3.8) is 0 Å². The van der Waals surface area contributed by atoms with E-state index in [9.17, 15) is 13.2 Å². The standard InChI is InChI=1S/C17H30N4O4S/c1-5-17(6-2,11-18)19-16(22)14-7-9-21(10-8-14)26(23,24)15-12(3)20-25-13(15)4/h14H,5-11,18H2,1-4H3,(H,19,22). The number of sulfonamides is 1. The van der Waals surface area contributed by atoms with E-state index in [0.717, 1.165) is 12.8 Å². The van der Waals surface area contributed by atoms with E-state index < -0.39 is 10.0 Å². The van der Waals surface area contributed by atoms with E-state index in [2.05, 4.69) is 10.5 Å². The highest BCUT2D eigenvalue weighted by atomic mass is 32.2. The monoisotopic (exact) mass is 386 g/mol. The van der Waals surface area contributed by atoms with Crippen molar-refractivity contribution in [2.45, 2.75) is 63.8 Å². The van der Waals surface area contributed by atoms with Crippen LogP contribution in [0.4, 0.5) is 0 Å². The van der Waals surface area contributed by atoms with Crippen molar-refractivity contribution in [1.29, 1.82) is 0 Å². The average Bonchev–Trinajstić information content (AvgIpc) is 2.99. The Morgan fingerprint density at radius 1 is 1.31 bits per heavy atom. The van der Waals surface area contributed by atoms with Gasteiger partial charge in [0, 0.05) is 25.6 Å². The van der Waals surface area contributed by atoms with Gasteiger partial charge in [-0.15, -0.1) is 0 Å². The minimum atomic E-state index is -3.65. The summed E-state index contributed by atoms with van der Waals surface area (Å²) < 4.78 is 32.1. The van der Waals surface area contributed by atoms with E-state index in [1.165, 1.54) is 4.31 Å². The molecule has 0 aliphatic carbocycles. The summed E-state index contributed by atoms with van der Waals surface area (Å²) in [5.74, 6) is 0.0599. The third-order valence-corrected chi connectivity index (χ3v) is 7.67. The lowest BCUT2D eigenvalue weighted by Crippen LogP contribution is -2.55. The molecule has 1 aromatic heterocycles. The molecule has 1 aliphatic heterocycles. The first-order valence-corrected chi connectivity index (χ1v) is 10.6. The molecule has 3 N–H and O–H groups in total. The Morgan fingerprint density at radius 3 is 2.31 bits per heavy atom. The minimum absolute atomic E-state index is 0.0338. The molecule has 1 saturated heterocycles. The quantitative estimate of drug-likeness (QED) is 0.730. The number of nitrogens with two attached hydrogens (primary N) is 1. The number of nitrogens with zero attached hydrogens (tertiary/aromatic N) is 2. The van der Waals surface area contributed by atoms with Crippen molar-refractivity contribution in [1.82, 2.24) is 14.8 Å². The number of carbonyl (C=O) groups is 1. The highest BCUT2D eigenvalue weighted by Gasteiger charge is 2.37. The third-order valence-electron chi connectivity index (χ3n) is 5.52. The second-order valence-electron chi connectivity index (χ2n) is 7.01. The lowest BCUT2D eigenvalue weighted by Gasteiger charge is -2.35. The topological polar surface area (TPSA) is 119 Å². The number of aromatic nitrogens is 1. The van der Waals surface area contributed by atoms with Crippen molar-refractivity contribution in [3.05, 3.63) is 11.5 Å². The second kappa shape index (κ2) is 8.06. The number of rotatable bonds is 7. The van der Waals surface area contributed by atoms with Gasteiger partial charge in [-0.2, -0.15) is 4.31 Å². The number of piperidine rings is 1. The third kappa shape index (κ3) is 3.94. The van der Waals surface area contributed by atoms with Crippen LogP contribution in [0.25, 0.3) is 0 Å². The van der Waals surface area contributed by atoms with Crippen LogP contribution in [0.5, 0.6) is 0 Å². The molecule has 0 saturated carbocycles. The molecule has 1 fully saturated rings. The zero-order valence-electron chi connectivity index (χ0n) is 16.0. The second-order valence-corrected chi connectivity index (χ2v) is 8.89. The maximum Gasteiger partial charge on any atom is 0.248 e. The van der Waals surface area contributed by atoms with Gasteiger partial charge in [0.15, 0.2) is 5.76 Å². The summed E-state index contributed by atoms with van der Waals surface area (Å²) in [6, 6.07) is 0. The van der Waals surface area contributed by atoms with Gasteiger partial charge < -0.3 is 15.6 Å². The smallest absolute Gasteiger partial charge is 0.248 e. The summed E-state index contributed by atoms with van der Waals surface area (Å²) in [6.07, 6.45) is 2.51. The molecule has 0 unspecified atom stereocenters. The largest absolute Gasteiger partial charge is 0.360 e. The molecular weight excluding hydrogens is 356 g/mol. The van der Waals surface area contributed by atoms with Crippen LogP contribution in [0.3, 0.4) is 0 Å². The molecule has 26 heavy (non-hydrogen) atoms. The zero-order chi connectivity index (χ0) is 19.5. The highest BCUT2D eigenvalue weighted by Crippen LogP contribution is 2.28. The summed E-state index contributed by atoms with van der Waals surface area (Å²) in [5, 5.41) is 6.82. The number of carbonyl (C=O) groups excluding carboxylic acids is 1. The molecule has 8 nitrogen and oxygen atoms in total. The van der Waals surface area contributed by atoms with Crippen LogP contribution in [0.15, 0.2) is 9.42 Å². The van der Waals surface area contributed by atoms with Gasteiger partial charge in [0.2, 0.25) is 15.9 Å². The van der Waals surface area contributed by atoms with Gasteiger partial charge in [-0.3, -0.25) is 4.79 Å². The maximum absolute atomic E-state index is 12.8. The van der Waals surface area contributed by atoms with Crippen molar-refractivity contribution in [2.75, 3.05) is 19.6 Å².